The van der Waals surface area contributed by atoms with Crippen LogP contribution < -0.4 is 10.1 Å². The minimum atomic E-state index is -0.320. The number of hydrogen-bond donors (Lipinski definition) is 1. The number of benzene rings is 1. The highest BCUT2D eigenvalue weighted by Gasteiger charge is 2.20. The number of halogens is 2. The summed E-state index contributed by atoms with van der Waals surface area (Å²) >= 11 is 0. The molecule has 1 aromatic heterocycles. The standard InChI is InChI=1S/C22H34FN7O2.HI/c1-4-21-27-26-17-30(21)9-7-24-22(25-8-14-31-2)29-12-10-28(11-13-29)16-18-5-6-20(32-3)19(23)15-18;/h5-6,15,17H,4,7-14,16H2,1-3H3,(H,24,25);1H. The number of ether oxygens (including phenoxy) is 2. The van der Waals surface area contributed by atoms with Crippen molar-refractivity contribution in [3.05, 3.63) is 41.7 Å². The van der Waals surface area contributed by atoms with Crippen LogP contribution in [0.25, 0.3) is 0 Å². The van der Waals surface area contributed by atoms with Crippen LogP contribution in [0.2, 0.25) is 0 Å². The molecule has 3 rings (SSSR count). The fourth-order valence-electron chi connectivity index (χ4n) is 3.72. The molecule has 1 saturated heterocycles. The number of rotatable bonds is 10. The molecule has 0 saturated carbocycles. The van der Waals surface area contributed by atoms with E-state index in [-0.39, 0.29) is 35.5 Å². The van der Waals surface area contributed by atoms with Gasteiger partial charge in [0.25, 0.3) is 0 Å². The first-order chi connectivity index (χ1) is 15.6. The monoisotopic (exact) mass is 575 g/mol. The van der Waals surface area contributed by atoms with E-state index in [1.165, 1.54) is 7.11 Å². The van der Waals surface area contributed by atoms with Crippen LogP contribution in [-0.4, -0.2) is 90.6 Å². The van der Waals surface area contributed by atoms with E-state index < -0.39 is 0 Å². The summed E-state index contributed by atoms with van der Waals surface area (Å²) in [5.41, 5.74) is 0.949. The summed E-state index contributed by atoms with van der Waals surface area (Å²) in [6, 6.07) is 5.16. The number of nitrogens with one attached hydrogen (secondary N) is 1. The fraction of sp³-hybridized carbons (Fsp3) is 0.591. The number of nitrogens with zero attached hydrogens (tertiary/aromatic N) is 6. The summed E-state index contributed by atoms with van der Waals surface area (Å²) in [5.74, 6) is 1.83. The lowest BCUT2D eigenvalue weighted by Crippen LogP contribution is -2.52. The van der Waals surface area contributed by atoms with Crippen molar-refractivity contribution in [1.82, 2.24) is 29.9 Å². The number of guanidine groups is 1. The van der Waals surface area contributed by atoms with E-state index in [4.69, 9.17) is 14.5 Å². The summed E-state index contributed by atoms with van der Waals surface area (Å²) in [6.07, 6.45) is 2.62. The predicted molar refractivity (Wildman–Crippen MR) is 137 cm³/mol. The van der Waals surface area contributed by atoms with Crippen LogP contribution in [0.15, 0.2) is 29.5 Å². The first kappa shape index (κ1) is 27.3. The molecule has 9 nitrogen and oxygen atoms in total. The van der Waals surface area contributed by atoms with Crippen LogP contribution in [0.3, 0.4) is 0 Å². The van der Waals surface area contributed by atoms with Crippen molar-refractivity contribution in [1.29, 1.82) is 0 Å². The third kappa shape index (κ3) is 8.07. The quantitative estimate of drug-likeness (QED) is 0.201. The Morgan fingerprint density at radius 2 is 2.00 bits per heavy atom. The van der Waals surface area contributed by atoms with Gasteiger partial charge in [-0.15, -0.1) is 34.2 Å². The van der Waals surface area contributed by atoms with E-state index in [1.807, 2.05) is 6.07 Å². The highest BCUT2D eigenvalue weighted by molar-refractivity contribution is 14.0. The summed E-state index contributed by atoms with van der Waals surface area (Å²) < 4.78 is 26.2. The predicted octanol–water partition coefficient (Wildman–Crippen LogP) is 2.02. The molecule has 1 fully saturated rings. The largest absolute Gasteiger partial charge is 0.494 e. The zero-order valence-corrected chi connectivity index (χ0v) is 22.0. The maximum atomic E-state index is 14.0. The number of aryl methyl sites for hydroxylation is 1. The van der Waals surface area contributed by atoms with E-state index in [0.717, 1.165) is 63.0 Å². The van der Waals surface area contributed by atoms with E-state index in [1.54, 1.807) is 25.6 Å². The highest BCUT2D eigenvalue weighted by Crippen LogP contribution is 2.19. The van der Waals surface area contributed by atoms with Crippen molar-refractivity contribution in [3.8, 4) is 5.75 Å². The second kappa shape index (κ2) is 14.3. The summed E-state index contributed by atoms with van der Waals surface area (Å²) in [6.45, 7) is 8.96. The van der Waals surface area contributed by atoms with E-state index in [2.05, 4.69) is 36.8 Å². The summed E-state index contributed by atoms with van der Waals surface area (Å²) in [4.78, 5) is 9.32. The van der Waals surface area contributed by atoms with Gasteiger partial charge in [-0.3, -0.25) is 9.89 Å². The number of methoxy groups -OCH3 is 2. The molecule has 0 unspecified atom stereocenters. The molecule has 11 heteroatoms. The zero-order chi connectivity index (χ0) is 22.8. The number of hydrogen-bond acceptors (Lipinski definition) is 6. The van der Waals surface area contributed by atoms with Crippen LogP contribution >= 0.6 is 24.0 Å². The third-order valence-corrected chi connectivity index (χ3v) is 5.50. The van der Waals surface area contributed by atoms with Crippen LogP contribution in [0.5, 0.6) is 5.75 Å². The molecule has 0 radical (unpaired) electrons. The lowest BCUT2D eigenvalue weighted by molar-refractivity contribution is 0.171. The van der Waals surface area contributed by atoms with Gasteiger partial charge in [0.2, 0.25) is 0 Å². The van der Waals surface area contributed by atoms with Crippen molar-refractivity contribution in [2.75, 3.05) is 60.1 Å². The second-order valence-electron chi connectivity index (χ2n) is 7.65. The molecule has 2 aromatic rings. The minimum absolute atomic E-state index is 0. The lowest BCUT2D eigenvalue weighted by Gasteiger charge is -2.36. The number of aromatic nitrogens is 3. The molecule has 0 bridgehead atoms. The van der Waals surface area contributed by atoms with Crippen LogP contribution in [0, 0.1) is 5.82 Å². The number of aliphatic imine (C=N–C) groups is 1. The first-order valence-electron chi connectivity index (χ1n) is 11.1. The Labute approximate surface area is 212 Å². The Morgan fingerprint density at radius 3 is 2.67 bits per heavy atom. The molecular weight excluding hydrogens is 540 g/mol. The smallest absolute Gasteiger partial charge is 0.194 e. The van der Waals surface area contributed by atoms with Crippen LogP contribution in [0.1, 0.15) is 18.3 Å². The SMILES string of the molecule is CCc1nncn1CCNC(=NCCOC)N1CCN(Cc2ccc(OC)c(F)c2)CC1.I. The Bertz CT molecular complexity index is 872. The molecule has 1 aromatic carbocycles. The molecule has 1 aliphatic heterocycles. The summed E-state index contributed by atoms with van der Waals surface area (Å²) in [5, 5.41) is 11.6. The molecule has 184 valence electrons. The van der Waals surface area contributed by atoms with Crippen molar-refractivity contribution < 1.29 is 13.9 Å². The lowest BCUT2D eigenvalue weighted by atomic mass is 10.2. The topological polar surface area (TPSA) is 80.0 Å². The van der Waals surface area contributed by atoms with Gasteiger partial charge in [0.1, 0.15) is 12.2 Å². The second-order valence-corrected chi connectivity index (χ2v) is 7.65. The molecule has 0 spiro atoms. The summed E-state index contributed by atoms with van der Waals surface area (Å²) in [7, 11) is 3.16. The van der Waals surface area contributed by atoms with Gasteiger partial charge in [-0.2, -0.15) is 0 Å². The zero-order valence-electron chi connectivity index (χ0n) is 19.7. The molecule has 0 aliphatic carbocycles. The molecule has 0 atom stereocenters. The van der Waals surface area contributed by atoms with Crippen LogP contribution in [0.4, 0.5) is 4.39 Å². The third-order valence-electron chi connectivity index (χ3n) is 5.50. The molecule has 1 N–H and O–H groups in total. The Hall–Kier alpha value is -1.99. The normalized spacial score (nSPS) is 14.8. The van der Waals surface area contributed by atoms with Gasteiger partial charge < -0.3 is 24.3 Å². The van der Waals surface area contributed by atoms with Gasteiger partial charge in [-0.05, 0) is 17.7 Å². The van der Waals surface area contributed by atoms with E-state index >= 15 is 0 Å². The van der Waals surface area contributed by atoms with Gasteiger partial charge in [-0.1, -0.05) is 13.0 Å². The number of piperazine rings is 1. The van der Waals surface area contributed by atoms with E-state index in [0.29, 0.717) is 19.7 Å². The van der Waals surface area contributed by atoms with Gasteiger partial charge >= 0.3 is 0 Å². The first-order valence-corrected chi connectivity index (χ1v) is 11.1. The Morgan fingerprint density at radius 1 is 1.21 bits per heavy atom. The Balaban J connectivity index is 0.00000385. The fourth-order valence-corrected chi connectivity index (χ4v) is 3.72. The van der Waals surface area contributed by atoms with E-state index in [9.17, 15) is 4.39 Å². The molecule has 2 heterocycles. The van der Waals surface area contributed by atoms with Gasteiger partial charge in [-0.25, -0.2) is 4.39 Å². The maximum Gasteiger partial charge on any atom is 0.194 e. The van der Waals surface area contributed by atoms with Gasteiger partial charge in [0.05, 0.1) is 20.3 Å². The van der Waals surface area contributed by atoms with Crippen molar-refractivity contribution in [2.45, 2.75) is 26.4 Å². The molecule has 33 heavy (non-hydrogen) atoms. The van der Waals surface area contributed by atoms with Crippen molar-refractivity contribution in [3.63, 3.8) is 0 Å². The van der Waals surface area contributed by atoms with Crippen LogP contribution in [-0.2, 0) is 24.2 Å². The average Bonchev–Trinajstić information content (AvgIpc) is 3.26. The molecule has 0 amide bonds. The highest BCUT2D eigenvalue weighted by atomic mass is 127. The minimum Gasteiger partial charge on any atom is -0.494 e. The van der Waals surface area contributed by atoms with Crippen molar-refractivity contribution in [2.24, 2.45) is 4.99 Å². The molecular formula is C22H35FIN7O2. The molecule has 1 aliphatic rings. The van der Waals surface area contributed by atoms with Crippen molar-refractivity contribution >= 4 is 29.9 Å². The Kier molecular flexibility index (Phi) is 11.8. The van der Waals surface area contributed by atoms with Gasteiger partial charge in [0.15, 0.2) is 17.5 Å². The van der Waals surface area contributed by atoms with Gasteiger partial charge in [0, 0.05) is 59.3 Å². The average molecular weight is 575 g/mol. The maximum absolute atomic E-state index is 14.0.